The van der Waals surface area contributed by atoms with Crippen molar-refractivity contribution in [3.63, 3.8) is 0 Å². The van der Waals surface area contributed by atoms with Crippen LogP contribution in [-0.2, 0) is 0 Å². The average molecular weight is 222 g/mol. The van der Waals surface area contributed by atoms with E-state index in [2.05, 4.69) is 22.0 Å². The Bertz CT molecular complexity index is 467. The second-order valence-corrected chi connectivity index (χ2v) is 3.22. The molecule has 0 aliphatic rings. The summed E-state index contributed by atoms with van der Waals surface area (Å²) in [6.07, 6.45) is 1.58. The molecule has 0 radical (unpaired) electrons. The molecular formula is C9H4BrNO. The third-order valence-electron chi connectivity index (χ3n) is 1.68. The minimum absolute atomic E-state index is 0.568. The van der Waals surface area contributed by atoms with Crippen LogP contribution in [0.4, 0.5) is 0 Å². The van der Waals surface area contributed by atoms with E-state index in [0.29, 0.717) is 11.1 Å². The van der Waals surface area contributed by atoms with Crippen LogP contribution in [0.3, 0.4) is 0 Å². The normalized spacial score (nSPS) is 10.0. The summed E-state index contributed by atoms with van der Waals surface area (Å²) in [7, 11) is 0. The summed E-state index contributed by atoms with van der Waals surface area (Å²) < 4.78 is 6.12. The fourth-order valence-electron chi connectivity index (χ4n) is 1.12. The minimum atomic E-state index is 0.568. The highest BCUT2D eigenvalue weighted by molar-refractivity contribution is 9.10. The van der Waals surface area contributed by atoms with Gasteiger partial charge in [-0.2, -0.15) is 5.26 Å². The molecule has 0 fully saturated rings. The lowest BCUT2D eigenvalue weighted by molar-refractivity contribution is 0.615. The summed E-state index contributed by atoms with van der Waals surface area (Å²) in [6, 6.07) is 7.48. The van der Waals surface area contributed by atoms with Crippen molar-refractivity contribution < 1.29 is 4.42 Å². The van der Waals surface area contributed by atoms with Crippen LogP contribution in [0.15, 0.2) is 33.4 Å². The lowest BCUT2D eigenvalue weighted by atomic mass is 10.2. The van der Waals surface area contributed by atoms with Crippen molar-refractivity contribution >= 4 is 26.9 Å². The molecule has 0 amide bonds. The number of halogens is 1. The van der Waals surface area contributed by atoms with Gasteiger partial charge in [0.15, 0.2) is 5.58 Å². The molecule has 1 aromatic heterocycles. The lowest BCUT2D eigenvalue weighted by Crippen LogP contribution is -1.75. The Hall–Kier alpha value is -1.27. The summed E-state index contributed by atoms with van der Waals surface area (Å²) in [5.74, 6) is 0. The van der Waals surface area contributed by atoms with Gasteiger partial charge in [-0.15, -0.1) is 0 Å². The molecule has 0 aliphatic carbocycles. The van der Waals surface area contributed by atoms with E-state index in [9.17, 15) is 0 Å². The van der Waals surface area contributed by atoms with Gasteiger partial charge in [0, 0.05) is 9.86 Å². The maximum atomic E-state index is 8.72. The van der Waals surface area contributed by atoms with Crippen LogP contribution < -0.4 is 0 Å². The molecule has 3 heteroatoms. The predicted molar refractivity (Wildman–Crippen MR) is 48.6 cm³/mol. The van der Waals surface area contributed by atoms with E-state index >= 15 is 0 Å². The molecule has 0 aliphatic heterocycles. The molecule has 0 saturated heterocycles. The third kappa shape index (κ3) is 0.926. The number of nitriles is 1. The van der Waals surface area contributed by atoms with E-state index < -0.39 is 0 Å². The molecule has 0 saturated carbocycles. The van der Waals surface area contributed by atoms with Crippen LogP contribution >= 0.6 is 15.9 Å². The summed E-state index contributed by atoms with van der Waals surface area (Å²) in [4.78, 5) is 0. The minimum Gasteiger partial charge on any atom is -0.463 e. The fraction of sp³-hybridized carbons (Fsp3) is 0. The smallest absolute Gasteiger partial charge is 0.152 e. The van der Waals surface area contributed by atoms with E-state index in [-0.39, 0.29) is 0 Å². The number of furan rings is 1. The molecule has 2 nitrogen and oxygen atoms in total. The molecule has 0 N–H and O–H groups in total. The molecule has 0 spiro atoms. The monoisotopic (exact) mass is 221 g/mol. The highest BCUT2D eigenvalue weighted by Gasteiger charge is 2.05. The number of benzene rings is 1. The van der Waals surface area contributed by atoms with E-state index in [4.69, 9.17) is 9.68 Å². The maximum Gasteiger partial charge on any atom is 0.152 e. The summed E-state index contributed by atoms with van der Waals surface area (Å²) in [5, 5.41) is 9.66. The number of hydrogen-bond acceptors (Lipinski definition) is 2. The van der Waals surface area contributed by atoms with Gasteiger partial charge in [-0.25, -0.2) is 0 Å². The third-order valence-corrected chi connectivity index (χ3v) is 2.38. The SMILES string of the molecule is N#Cc1ccc(Br)c2ccoc12. The zero-order valence-electron chi connectivity index (χ0n) is 6.04. The van der Waals surface area contributed by atoms with Crippen molar-refractivity contribution in [2.45, 2.75) is 0 Å². The second-order valence-electron chi connectivity index (χ2n) is 2.37. The molecule has 12 heavy (non-hydrogen) atoms. The Kier molecular flexibility index (Phi) is 1.63. The Morgan fingerprint density at radius 2 is 2.17 bits per heavy atom. The number of fused-ring (bicyclic) bond motifs is 1. The summed E-state index contributed by atoms with van der Waals surface area (Å²) >= 11 is 3.37. The summed E-state index contributed by atoms with van der Waals surface area (Å²) in [5.41, 5.74) is 1.21. The van der Waals surface area contributed by atoms with E-state index in [0.717, 1.165) is 9.86 Å². The standard InChI is InChI=1S/C9H4BrNO/c10-8-2-1-6(5-11)9-7(8)3-4-12-9/h1-4H. The number of nitrogens with zero attached hydrogens (tertiary/aromatic N) is 1. The van der Waals surface area contributed by atoms with Crippen LogP contribution in [0.2, 0.25) is 0 Å². The van der Waals surface area contributed by atoms with Gasteiger partial charge >= 0.3 is 0 Å². The Labute approximate surface area is 77.5 Å². The molecule has 0 bridgehead atoms. The highest BCUT2D eigenvalue weighted by atomic mass is 79.9. The topological polar surface area (TPSA) is 36.9 Å². The maximum absolute atomic E-state index is 8.72. The molecule has 0 atom stereocenters. The van der Waals surface area contributed by atoms with Gasteiger partial charge < -0.3 is 4.42 Å². The molecule has 2 aromatic rings. The quantitative estimate of drug-likeness (QED) is 0.686. The second kappa shape index (κ2) is 2.65. The molecular weight excluding hydrogens is 218 g/mol. The van der Waals surface area contributed by atoms with Crippen molar-refractivity contribution in [3.8, 4) is 6.07 Å². The zero-order valence-corrected chi connectivity index (χ0v) is 7.63. The van der Waals surface area contributed by atoms with Gasteiger partial charge in [-0.3, -0.25) is 0 Å². The molecule has 1 aromatic carbocycles. The first-order valence-corrected chi connectivity index (χ1v) is 4.18. The fourth-order valence-corrected chi connectivity index (χ4v) is 1.56. The van der Waals surface area contributed by atoms with Crippen LogP contribution in [0, 0.1) is 11.3 Å². The number of hydrogen-bond donors (Lipinski definition) is 0. The van der Waals surface area contributed by atoms with Gasteiger partial charge in [0.05, 0.1) is 11.8 Å². The molecule has 2 rings (SSSR count). The predicted octanol–water partition coefficient (Wildman–Crippen LogP) is 3.07. The van der Waals surface area contributed by atoms with Gasteiger partial charge in [0.25, 0.3) is 0 Å². The first-order chi connectivity index (χ1) is 5.83. The van der Waals surface area contributed by atoms with Crippen molar-refractivity contribution in [2.75, 3.05) is 0 Å². The average Bonchev–Trinajstić information content (AvgIpc) is 2.54. The van der Waals surface area contributed by atoms with Crippen LogP contribution in [-0.4, -0.2) is 0 Å². The van der Waals surface area contributed by atoms with Gasteiger partial charge in [0.2, 0.25) is 0 Å². The first kappa shape index (κ1) is 7.38. The van der Waals surface area contributed by atoms with E-state index in [1.807, 2.05) is 12.1 Å². The molecule has 0 unspecified atom stereocenters. The first-order valence-electron chi connectivity index (χ1n) is 3.39. The number of rotatable bonds is 0. The highest BCUT2D eigenvalue weighted by Crippen LogP contribution is 2.27. The zero-order chi connectivity index (χ0) is 8.55. The Morgan fingerprint density at radius 1 is 1.33 bits per heavy atom. The van der Waals surface area contributed by atoms with Crippen molar-refractivity contribution in [3.05, 3.63) is 34.5 Å². The van der Waals surface area contributed by atoms with Crippen LogP contribution in [0.1, 0.15) is 5.56 Å². The Balaban J connectivity index is 2.94. The van der Waals surface area contributed by atoms with Crippen molar-refractivity contribution in [1.29, 1.82) is 5.26 Å². The molecule has 58 valence electrons. The Morgan fingerprint density at radius 3 is 2.92 bits per heavy atom. The van der Waals surface area contributed by atoms with Gasteiger partial charge in [-0.1, -0.05) is 15.9 Å². The van der Waals surface area contributed by atoms with Crippen LogP contribution in [0.25, 0.3) is 11.0 Å². The lowest BCUT2D eigenvalue weighted by Gasteiger charge is -1.93. The van der Waals surface area contributed by atoms with Crippen LogP contribution in [0.5, 0.6) is 0 Å². The summed E-state index contributed by atoms with van der Waals surface area (Å²) in [6.45, 7) is 0. The van der Waals surface area contributed by atoms with E-state index in [1.54, 1.807) is 12.3 Å². The van der Waals surface area contributed by atoms with Crippen molar-refractivity contribution in [1.82, 2.24) is 0 Å². The van der Waals surface area contributed by atoms with E-state index in [1.165, 1.54) is 0 Å². The van der Waals surface area contributed by atoms with Gasteiger partial charge in [0.1, 0.15) is 6.07 Å². The largest absolute Gasteiger partial charge is 0.463 e. The van der Waals surface area contributed by atoms with Gasteiger partial charge in [-0.05, 0) is 18.2 Å². The van der Waals surface area contributed by atoms with Crippen molar-refractivity contribution in [2.24, 2.45) is 0 Å². The molecule has 1 heterocycles.